The number of nitrogens with zero attached hydrogens (tertiary/aromatic N) is 2. The van der Waals surface area contributed by atoms with Crippen molar-refractivity contribution < 1.29 is 17.6 Å². The van der Waals surface area contributed by atoms with Crippen LogP contribution in [-0.4, -0.2) is 43.6 Å². The molecular weight excluding hydrogens is 392 g/mol. The van der Waals surface area contributed by atoms with Crippen LogP contribution < -0.4 is 5.76 Å². The number of halogens is 1. The molecule has 0 radical (unpaired) electrons. The third-order valence-corrected chi connectivity index (χ3v) is 6.80. The summed E-state index contributed by atoms with van der Waals surface area (Å²) in [5.41, 5.74) is 1.51. The number of ether oxygens (including phenoxy) is 1. The number of aromatic nitrogens is 1. The van der Waals surface area contributed by atoms with Crippen molar-refractivity contribution in [3.8, 4) is 0 Å². The van der Waals surface area contributed by atoms with Gasteiger partial charge in [0.05, 0.1) is 30.2 Å². The maximum atomic E-state index is 12.8. The van der Waals surface area contributed by atoms with E-state index in [1.165, 1.54) is 21.0 Å². The topological polar surface area (TPSA) is 81.8 Å². The minimum absolute atomic E-state index is 0.0931. The Morgan fingerprint density at radius 1 is 1.07 bits per heavy atom. The second kappa shape index (κ2) is 7.12. The minimum atomic E-state index is -3.66. The fourth-order valence-corrected chi connectivity index (χ4v) is 4.71. The highest BCUT2D eigenvalue weighted by Gasteiger charge is 2.27. The number of morpholine rings is 1. The predicted octanol–water partition coefficient (Wildman–Crippen LogP) is 2.32. The average molecular weight is 409 g/mol. The zero-order valence-corrected chi connectivity index (χ0v) is 15.9. The first-order valence-corrected chi connectivity index (χ1v) is 10.2. The van der Waals surface area contributed by atoms with Gasteiger partial charge in [-0.05, 0) is 23.8 Å². The van der Waals surface area contributed by atoms with E-state index in [9.17, 15) is 13.2 Å². The fourth-order valence-electron chi connectivity index (χ4n) is 3.09. The van der Waals surface area contributed by atoms with Gasteiger partial charge < -0.3 is 9.15 Å². The highest BCUT2D eigenvalue weighted by atomic mass is 35.5. The molecule has 0 unspecified atom stereocenters. The van der Waals surface area contributed by atoms with Crippen LogP contribution in [0.15, 0.2) is 56.6 Å². The molecule has 0 N–H and O–H groups in total. The summed E-state index contributed by atoms with van der Waals surface area (Å²) >= 11 is 6.17. The van der Waals surface area contributed by atoms with Crippen LogP contribution in [0.4, 0.5) is 0 Å². The first-order valence-electron chi connectivity index (χ1n) is 8.41. The minimum Gasteiger partial charge on any atom is -0.408 e. The van der Waals surface area contributed by atoms with E-state index in [1.807, 2.05) is 18.2 Å². The van der Waals surface area contributed by atoms with Gasteiger partial charge in [-0.15, -0.1) is 0 Å². The molecule has 1 fully saturated rings. The van der Waals surface area contributed by atoms with Gasteiger partial charge in [-0.1, -0.05) is 29.8 Å². The molecule has 9 heteroatoms. The third-order valence-electron chi connectivity index (χ3n) is 4.53. The molecule has 1 aromatic heterocycles. The fraction of sp³-hybridized carbons (Fsp3) is 0.278. The highest BCUT2D eigenvalue weighted by Crippen LogP contribution is 2.24. The molecule has 0 saturated carbocycles. The summed E-state index contributed by atoms with van der Waals surface area (Å²) < 4.78 is 38.9. The SMILES string of the molecule is O=c1oc2cc(S(=O)(=O)N3CCOCC3)ccc2n1Cc1ccccc1Cl. The lowest BCUT2D eigenvalue weighted by atomic mass is 10.2. The zero-order valence-electron chi connectivity index (χ0n) is 14.3. The van der Waals surface area contributed by atoms with Crippen LogP contribution in [0.3, 0.4) is 0 Å². The molecule has 4 rings (SSSR count). The molecule has 3 aromatic rings. The van der Waals surface area contributed by atoms with Crippen molar-refractivity contribution in [2.45, 2.75) is 11.4 Å². The second-order valence-electron chi connectivity index (χ2n) is 6.19. The summed E-state index contributed by atoms with van der Waals surface area (Å²) in [6, 6.07) is 11.7. The van der Waals surface area contributed by atoms with Crippen molar-refractivity contribution in [3.05, 3.63) is 63.6 Å². The van der Waals surface area contributed by atoms with E-state index in [0.29, 0.717) is 36.8 Å². The Labute approximate surface area is 160 Å². The van der Waals surface area contributed by atoms with E-state index in [1.54, 1.807) is 12.1 Å². The van der Waals surface area contributed by atoms with E-state index in [-0.39, 0.29) is 17.0 Å². The van der Waals surface area contributed by atoms with E-state index in [0.717, 1.165) is 5.56 Å². The Kier molecular flexibility index (Phi) is 4.81. The summed E-state index contributed by atoms with van der Waals surface area (Å²) in [6.07, 6.45) is 0. The van der Waals surface area contributed by atoms with Crippen LogP contribution in [0, 0.1) is 0 Å². The summed E-state index contributed by atoms with van der Waals surface area (Å²) in [4.78, 5) is 12.4. The maximum absolute atomic E-state index is 12.8. The van der Waals surface area contributed by atoms with Gasteiger partial charge in [0.2, 0.25) is 10.0 Å². The number of oxazole rings is 1. The van der Waals surface area contributed by atoms with Gasteiger partial charge in [-0.2, -0.15) is 4.31 Å². The Morgan fingerprint density at radius 3 is 2.56 bits per heavy atom. The lowest BCUT2D eigenvalue weighted by molar-refractivity contribution is 0.0730. The maximum Gasteiger partial charge on any atom is 0.420 e. The quantitative estimate of drug-likeness (QED) is 0.661. The molecule has 0 aliphatic carbocycles. The normalized spacial score (nSPS) is 16.0. The van der Waals surface area contributed by atoms with Gasteiger partial charge in [0, 0.05) is 24.2 Å². The molecule has 27 heavy (non-hydrogen) atoms. The number of hydrogen-bond donors (Lipinski definition) is 0. The van der Waals surface area contributed by atoms with Gasteiger partial charge >= 0.3 is 5.76 Å². The molecule has 7 nitrogen and oxygen atoms in total. The van der Waals surface area contributed by atoms with E-state index in [2.05, 4.69) is 0 Å². The Hall–Kier alpha value is -2.13. The molecule has 0 atom stereocenters. The van der Waals surface area contributed by atoms with Crippen LogP contribution in [-0.2, 0) is 21.3 Å². The molecule has 2 heterocycles. The molecule has 1 aliphatic heterocycles. The van der Waals surface area contributed by atoms with Crippen molar-refractivity contribution in [2.24, 2.45) is 0 Å². The van der Waals surface area contributed by atoms with Crippen molar-refractivity contribution in [2.75, 3.05) is 26.3 Å². The van der Waals surface area contributed by atoms with Crippen molar-refractivity contribution in [1.82, 2.24) is 8.87 Å². The first kappa shape index (κ1) is 18.2. The Bertz CT molecular complexity index is 1150. The monoisotopic (exact) mass is 408 g/mol. The van der Waals surface area contributed by atoms with Gasteiger partial charge in [-0.3, -0.25) is 4.57 Å². The number of rotatable bonds is 4. The number of benzene rings is 2. The van der Waals surface area contributed by atoms with Crippen LogP contribution in [0.25, 0.3) is 11.1 Å². The van der Waals surface area contributed by atoms with Crippen molar-refractivity contribution in [1.29, 1.82) is 0 Å². The molecule has 1 aliphatic rings. The highest BCUT2D eigenvalue weighted by molar-refractivity contribution is 7.89. The summed E-state index contributed by atoms with van der Waals surface area (Å²) in [6.45, 7) is 1.58. The standard InChI is InChI=1S/C18H17ClN2O5S/c19-15-4-2-1-3-13(15)12-21-16-6-5-14(11-17(16)26-18(21)22)27(23,24)20-7-9-25-10-8-20/h1-6,11H,7-10,12H2. The predicted molar refractivity (Wildman–Crippen MR) is 101 cm³/mol. The summed E-state index contributed by atoms with van der Waals surface area (Å²) in [5.74, 6) is -0.564. The van der Waals surface area contributed by atoms with Gasteiger partial charge in [-0.25, -0.2) is 13.2 Å². The third kappa shape index (κ3) is 3.41. The van der Waals surface area contributed by atoms with E-state index in [4.69, 9.17) is 20.8 Å². The molecule has 142 valence electrons. The zero-order chi connectivity index (χ0) is 19.0. The molecule has 0 bridgehead atoms. The first-order chi connectivity index (χ1) is 13.0. The van der Waals surface area contributed by atoms with E-state index >= 15 is 0 Å². The Balaban J connectivity index is 1.73. The number of hydrogen-bond acceptors (Lipinski definition) is 5. The van der Waals surface area contributed by atoms with Crippen LogP contribution in [0.5, 0.6) is 0 Å². The number of fused-ring (bicyclic) bond motifs is 1. The summed E-state index contributed by atoms with van der Waals surface area (Å²) in [5, 5.41) is 0.547. The average Bonchev–Trinajstić information content (AvgIpc) is 2.99. The van der Waals surface area contributed by atoms with Crippen LogP contribution in [0.2, 0.25) is 5.02 Å². The van der Waals surface area contributed by atoms with Gasteiger partial charge in [0.1, 0.15) is 0 Å². The molecular formula is C18H17ClN2O5S. The number of sulfonamides is 1. The van der Waals surface area contributed by atoms with Gasteiger partial charge in [0.25, 0.3) is 0 Å². The molecule has 2 aromatic carbocycles. The smallest absolute Gasteiger partial charge is 0.408 e. The molecule has 0 spiro atoms. The lowest BCUT2D eigenvalue weighted by Gasteiger charge is -2.25. The second-order valence-corrected chi connectivity index (χ2v) is 8.54. The summed E-state index contributed by atoms with van der Waals surface area (Å²) in [7, 11) is -3.66. The van der Waals surface area contributed by atoms with E-state index < -0.39 is 15.8 Å². The van der Waals surface area contributed by atoms with Crippen LogP contribution in [0.1, 0.15) is 5.56 Å². The van der Waals surface area contributed by atoms with Gasteiger partial charge in [0.15, 0.2) is 5.58 Å². The molecule has 1 saturated heterocycles. The lowest BCUT2D eigenvalue weighted by Crippen LogP contribution is -2.40. The van der Waals surface area contributed by atoms with Crippen molar-refractivity contribution >= 4 is 32.7 Å². The Morgan fingerprint density at radius 2 is 1.81 bits per heavy atom. The van der Waals surface area contributed by atoms with Crippen molar-refractivity contribution in [3.63, 3.8) is 0 Å². The largest absolute Gasteiger partial charge is 0.420 e. The molecule has 0 amide bonds. The van der Waals surface area contributed by atoms with Crippen LogP contribution >= 0.6 is 11.6 Å².